The fraction of sp³-hybridized carbons (Fsp3) is 0.357. The van der Waals surface area contributed by atoms with Crippen molar-refractivity contribution in [3.8, 4) is 0 Å². The van der Waals surface area contributed by atoms with Crippen LogP contribution in [0.5, 0.6) is 0 Å². The van der Waals surface area contributed by atoms with Gasteiger partial charge < -0.3 is 5.21 Å². The molecule has 0 spiro atoms. The molecule has 0 radical (unpaired) electrons. The van der Waals surface area contributed by atoms with Crippen LogP contribution in [0.3, 0.4) is 0 Å². The third-order valence-corrected chi connectivity index (χ3v) is 3.52. The zero-order valence-corrected chi connectivity index (χ0v) is 13.5. The summed E-state index contributed by atoms with van der Waals surface area (Å²) in [5.41, 5.74) is 1.09. The molecule has 21 heavy (non-hydrogen) atoms. The van der Waals surface area contributed by atoms with Crippen LogP contribution in [0.2, 0.25) is 5.15 Å². The number of rotatable bonds is 8. The molecule has 0 bridgehead atoms. The Morgan fingerprint density at radius 1 is 1.57 bits per heavy atom. The molecule has 5 nitrogen and oxygen atoms in total. The van der Waals surface area contributed by atoms with E-state index in [0.29, 0.717) is 16.7 Å². The van der Waals surface area contributed by atoms with Crippen molar-refractivity contribution in [3.05, 3.63) is 41.7 Å². The number of nitrogens with zero attached hydrogens (tertiary/aromatic N) is 4. The molecule has 7 heteroatoms. The van der Waals surface area contributed by atoms with Crippen molar-refractivity contribution in [2.75, 3.05) is 25.9 Å². The van der Waals surface area contributed by atoms with Gasteiger partial charge in [0.05, 0.1) is 12.8 Å². The van der Waals surface area contributed by atoms with E-state index in [1.165, 1.54) is 18.0 Å². The van der Waals surface area contributed by atoms with Crippen LogP contribution in [0.15, 0.2) is 41.1 Å². The Kier molecular flexibility index (Phi) is 8.73. The molecule has 0 aromatic carbocycles. The summed E-state index contributed by atoms with van der Waals surface area (Å²) in [7, 11) is 0. The molecular weight excluding hydrogens is 308 g/mol. The lowest BCUT2D eigenvalue weighted by molar-refractivity contribution is 0.303. The molecule has 1 aromatic heterocycles. The summed E-state index contributed by atoms with van der Waals surface area (Å²) in [4.78, 5) is 10.6. The molecule has 0 aliphatic heterocycles. The van der Waals surface area contributed by atoms with E-state index in [1.807, 2.05) is 18.4 Å². The minimum atomic E-state index is 0.492. The van der Waals surface area contributed by atoms with Crippen LogP contribution in [0.25, 0.3) is 0 Å². The number of thioether (sulfide) groups is 1. The second-order valence-corrected chi connectivity index (χ2v) is 5.40. The maximum absolute atomic E-state index is 8.51. The third kappa shape index (κ3) is 7.27. The molecule has 114 valence electrons. The first-order valence-corrected chi connectivity index (χ1v) is 7.99. The number of aliphatic imine (C=N–C) groups is 1. The molecule has 1 N–H and O–H groups in total. The van der Waals surface area contributed by atoms with Crippen molar-refractivity contribution in [1.29, 1.82) is 0 Å². The summed E-state index contributed by atoms with van der Waals surface area (Å²) in [6.45, 7) is 6.69. The highest BCUT2D eigenvalue weighted by Gasteiger charge is 2.05. The predicted molar refractivity (Wildman–Crippen MR) is 90.8 cm³/mol. The van der Waals surface area contributed by atoms with Crippen molar-refractivity contribution >= 4 is 34.6 Å². The maximum Gasteiger partial charge on any atom is 0.129 e. The van der Waals surface area contributed by atoms with Gasteiger partial charge in [-0.1, -0.05) is 28.9 Å². The van der Waals surface area contributed by atoms with Crippen molar-refractivity contribution < 1.29 is 5.21 Å². The summed E-state index contributed by atoms with van der Waals surface area (Å²) in [6.07, 6.45) is 6.86. The molecule has 1 aromatic rings. The van der Waals surface area contributed by atoms with Crippen LogP contribution in [0, 0.1) is 0 Å². The minimum Gasteiger partial charge on any atom is -0.411 e. The highest BCUT2D eigenvalue weighted by atomic mass is 35.5. The van der Waals surface area contributed by atoms with E-state index < -0.39 is 0 Å². The number of oxime groups is 1. The number of pyridine rings is 1. The lowest BCUT2D eigenvalue weighted by atomic mass is 10.2. The van der Waals surface area contributed by atoms with Crippen LogP contribution in [-0.4, -0.2) is 52.2 Å². The largest absolute Gasteiger partial charge is 0.411 e. The smallest absolute Gasteiger partial charge is 0.129 e. The highest BCUT2D eigenvalue weighted by molar-refractivity contribution is 8.14. The first-order chi connectivity index (χ1) is 10.2. The Morgan fingerprint density at radius 2 is 2.38 bits per heavy atom. The monoisotopic (exact) mass is 326 g/mol. The quantitative estimate of drug-likeness (QED) is 0.199. The van der Waals surface area contributed by atoms with Crippen LogP contribution in [-0.2, 0) is 6.54 Å². The standard InChI is InChI=1S/C14H19ClN4OS/c1-3-7-19(8-6-16-14(21-2)10-18-20)11-12-4-5-13(15)17-9-12/h3-5,9-10,20H,1,6-8,11H2,2H3. The predicted octanol–water partition coefficient (Wildman–Crippen LogP) is 2.94. The molecule has 0 fully saturated rings. The Bertz CT molecular complexity index is 490. The second kappa shape index (κ2) is 10.4. The van der Waals surface area contributed by atoms with Gasteiger partial charge in [-0.2, -0.15) is 0 Å². The normalized spacial score (nSPS) is 12.2. The molecule has 0 saturated heterocycles. The van der Waals surface area contributed by atoms with E-state index >= 15 is 0 Å². The van der Waals surface area contributed by atoms with Gasteiger partial charge in [0, 0.05) is 25.8 Å². The first kappa shape index (κ1) is 17.7. The van der Waals surface area contributed by atoms with E-state index in [4.69, 9.17) is 16.8 Å². The Balaban J connectivity index is 2.57. The Morgan fingerprint density at radius 3 is 2.95 bits per heavy atom. The van der Waals surface area contributed by atoms with Gasteiger partial charge in [0.1, 0.15) is 10.2 Å². The Hall–Kier alpha value is -1.37. The van der Waals surface area contributed by atoms with Gasteiger partial charge in [-0.3, -0.25) is 9.89 Å². The lowest BCUT2D eigenvalue weighted by Gasteiger charge is -2.19. The summed E-state index contributed by atoms with van der Waals surface area (Å²) in [5, 5.41) is 12.7. The van der Waals surface area contributed by atoms with Crippen LogP contribution in [0.1, 0.15) is 5.56 Å². The van der Waals surface area contributed by atoms with E-state index in [0.717, 1.165) is 25.2 Å². The summed E-state index contributed by atoms with van der Waals surface area (Å²) in [6, 6.07) is 3.74. The van der Waals surface area contributed by atoms with Gasteiger partial charge >= 0.3 is 0 Å². The van der Waals surface area contributed by atoms with Gasteiger partial charge in [0.15, 0.2) is 0 Å². The van der Waals surface area contributed by atoms with Crippen LogP contribution >= 0.6 is 23.4 Å². The molecular formula is C14H19ClN4OS. The maximum atomic E-state index is 8.51. The molecule has 0 amide bonds. The fourth-order valence-electron chi connectivity index (χ4n) is 1.68. The minimum absolute atomic E-state index is 0.492. The summed E-state index contributed by atoms with van der Waals surface area (Å²) < 4.78 is 0. The number of hydrogen-bond acceptors (Lipinski definition) is 6. The van der Waals surface area contributed by atoms with Gasteiger partial charge in [-0.05, 0) is 17.9 Å². The summed E-state index contributed by atoms with van der Waals surface area (Å²) >= 11 is 7.22. The van der Waals surface area contributed by atoms with Gasteiger partial charge in [-0.25, -0.2) is 4.98 Å². The molecule has 0 aliphatic rings. The van der Waals surface area contributed by atoms with Crippen LogP contribution in [0.4, 0.5) is 0 Å². The van der Waals surface area contributed by atoms with Crippen molar-refractivity contribution in [2.24, 2.45) is 10.1 Å². The van der Waals surface area contributed by atoms with E-state index in [2.05, 4.69) is 26.6 Å². The topological polar surface area (TPSA) is 61.1 Å². The van der Waals surface area contributed by atoms with Crippen LogP contribution < -0.4 is 0 Å². The van der Waals surface area contributed by atoms with E-state index in [1.54, 1.807) is 12.3 Å². The van der Waals surface area contributed by atoms with E-state index in [-0.39, 0.29) is 0 Å². The molecule has 0 aliphatic carbocycles. The lowest BCUT2D eigenvalue weighted by Crippen LogP contribution is -2.26. The number of aromatic nitrogens is 1. The molecule has 0 saturated carbocycles. The van der Waals surface area contributed by atoms with Crippen molar-refractivity contribution in [2.45, 2.75) is 6.54 Å². The third-order valence-electron chi connectivity index (χ3n) is 2.64. The van der Waals surface area contributed by atoms with Crippen molar-refractivity contribution in [3.63, 3.8) is 0 Å². The molecule has 1 heterocycles. The van der Waals surface area contributed by atoms with Gasteiger partial charge in [0.25, 0.3) is 0 Å². The van der Waals surface area contributed by atoms with Crippen molar-refractivity contribution in [1.82, 2.24) is 9.88 Å². The van der Waals surface area contributed by atoms with Gasteiger partial charge in [-0.15, -0.1) is 18.3 Å². The Labute approximate surface area is 134 Å². The summed E-state index contributed by atoms with van der Waals surface area (Å²) in [5.74, 6) is 0. The zero-order chi connectivity index (χ0) is 15.5. The van der Waals surface area contributed by atoms with Gasteiger partial charge in [0.2, 0.25) is 0 Å². The molecule has 1 rings (SSSR count). The average molecular weight is 327 g/mol. The average Bonchev–Trinajstić information content (AvgIpc) is 2.48. The SMILES string of the molecule is C=CCN(CCN=C(C=NO)SC)Cc1ccc(Cl)nc1. The molecule has 0 atom stereocenters. The highest BCUT2D eigenvalue weighted by Crippen LogP contribution is 2.08. The second-order valence-electron chi connectivity index (χ2n) is 4.18. The molecule has 0 unspecified atom stereocenters. The number of halogens is 1. The fourth-order valence-corrected chi connectivity index (χ4v) is 2.17. The number of hydrogen-bond donors (Lipinski definition) is 1. The zero-order valence-electron chi connectivity index (χ0n) is 11.9. The first-order valence-electron chi connectivity index (χ1n) is 6.39. The van der Waals surface area contributed by atoms with E-state index in [9.17, 15) is 0 Å².